The van der Waals surface area contributed by atoms with Crippen molar-refractivity contribution < 1.29 is 4.79 Å². The van der Waals surface area contributed by atoms with Gasteiger partial charge in [0.05, 0.1) is 6.04 Å². The number of nitrogen functional groups attached to an aromatic ring is 1. The summed E-state index contributed by atoms with van der Waals surface area (Å²) >= 11 is 4.86. The van der Waals surface area contributed by atoms with E-state index >= 15 is 0 Å². The second-order valence-electron chi connectivity index (χ2n) is 4.97. The van der Waals surface area contributed by atoms with E-state index in [2.05, 4.69) is 21.2 Å². The average Bonchev–Trinajstić information content (AvgIpc) is 2.85. The van der Waals surface area contributed by atoms with Crippen LogP contribution in [0, 0.1) is 0 Å². The number of hydrogen-bond donors (Lipinski definition) is 2. The Morgan fingerprint density at radius 3 is 3.00 bits per heavy atom. The lowest BCUT2D eigenvalue weighted by Crippen LogP contribution is -2.30. The molecule has 5 heteroatoms. The largest absolute Gasteiger partial charge is 0.399 e. The van der Waals surface area contributed by atoms with Crippen molar-refractivity contribution in [2.75, 3.05) is 5.73 Å². The molecule has 1 amide bonds. The van der Waals surface area contributed by atoms with Crippen LogP contribution in [0.5, 0.6) is 0 Å². The molecule has 0 saturated carbocycles. The van der Waals surface area contributed by atoms with Crippen molar-refractivity contribution in [1.29, 1.82) is 0 Å². The highest BCUT2D eigenvalue weighted by Gasteiger charge is 2.23. The number of nitrogens with two attached hydrogens (primary N) is 1. The quantitative estimate of drug-likeness (QED) is 0.807. The lowest BCUT2D eigenvalue weighted by Gasteiger charge is -2.26. The van der Waals surface area contributed by atoms with Gasteiger partial charge in [0.2, 0.25) is 0 Å². The predicted octanol–water partition coefficient (Wildman–Crippen LogP) is 3.90. The zero-order valence-electron chi connectivity index (χ0n) is 10.9. The Morgan fingerprint density at radius 1 is 1.40 bits per heavy atom. The van der Waals surface area contributed by atoms with Crippen LogP contribution in [0.2, 0.25) is 0 Å². The van der Waals surface area contributed by atoms with E-state index in [1.54, 1.807) is 0 Å². The Bertz CT molecular complexity index is 653. The first-order chi connectivity index (χ1) is 9.65. The molecule has 104 valence electrons. The van der Waals surface area contributed by atoms with Crippen LogP contribution in [0.4, 0.5) is 5.69 Å². The van der Waals surface area contributed by atoms with Crippen molar-refractivity contribution in [3.05, 3.63) is 50.1 Å². The fourth-order valence-corrected chi connectivity index (χ4v) is 4.12. The number of hydrogen-bond acceptors (Lipinski definition) is 3. The maximum Gasteiger partial charge on any atom is 0.262 e. The molecule has 3 nitrogen and oxygen atoms in total. The van der Waals surface area contributed by atoms with Crippen molar-refractivity contribution in [1.82, 2.24) is 5.32 Å². The van der Waals surface area contributed by atoms with Crippen LogP contribution in [0.15, 0.2) is 34.1 Å². The lowest BCUT2D eigenvalue weighted by molar-refractivity contribution is 0.0936. The van der Waals surface area contributed by atoms with E-state index in [-0.39, 0.29) is 11.9 Å². The van der Waals surface area contributed by atoms with Crippen molar-refractivity contribution >= 4 is 38.9 Å². The highest BCUT2D eigenvalue weighted by molar-refractivity contribution is 9.10. The first kappa shape index (κ1) is 13.6. The third-order valence-corrected chi connectivity index (χ3v) is 5.45. The number of carbonyl (C=O) groups excluding carboxylic acids is 1. The molecular formula is C15H15BrN2OS. The van der Waals surface area contributed by atoms with Crippen molar-refractivity contribution in [3.63, 3.8) is 0 Å². The van der Waals surface area contributed by atoms with Gasteiger partial charge in [-0.25, -0.2) is 0 Å². The van der Waals surface area contributed by atoms with Crippen molar-refractivity contribution in [3.8, 4) is 0 Å². The number of carbonyl (C=O) groups is 1. The molecule has 1 aliphatic carbocycles. The first-order valence-corrected chi connectivity index (χ1v) is 8.24. The number of halogens is 1. The summed E-state index contributed by atoms with van der Waals surface area (Å²) < 4.78 is 0.855. The molecule has 0 fully saturated rings. The van der Waals surface area contributed by atoms with E-state index in [1.807, 2.05) is 29.6 Å². The van der Waals surface area contributed by atoms with E-state index in [4.69, 9.17) is 5.73 Å². The summed E-state index contributed by atoms with van der Waals surface area (Å²) in [6.45, 7) is 0. The zero-order valence-corrected chi connectivity index (χ0v) is 13.3. The van der Waals surface area contributed by atoms with Crippen LogP contribution < -0.4 is 11.1 Å². The zero-order chi connectivity index (χ0) is 14.1. The molecule has 0 spiro atoms. The molecule has 1 unspecified atom stereocenters. The van der Waals surface area contributed by atoms with Gasteiger partial charge in [-0.05, 0) is 69.9 Å². The van der Waals surface area contributed by atoms with E-state index in [9.17, 15) is 4.79 Å². The van der Waals surface area contributed by atoms with Crippen LogP contribution in [0.1, 0.15) is 39.7 Å². The predicted molar refractivity (Wildman–Crippen MR) is 86.0 cm³/mol. The van der Waals surface area contributed by atoms with Crippen LogP contribution in [-0.4, -0.2) is 5.91 Å². The average molecular weight is 351 g/mol. The second kappa shape index (κ2) is 5.58. The Hall–Kier alpha value is -1.33. The minimum atomic E-state index is -0.0125. The van der Waals surface area contributed by atoms with Gasteiger partial charge in [0.15, 0.2) is 0 Å². The first-order valence-electron chi connectivity index (χ1n) is 6.57. The molecule has 1 aromatic heterocycles. The molecular weight excluding hydrogens is 336 g/mol. The summed E-state index contributed by atoms with van der Waals surface area (Å²) in [6, 6.07) is 7.95. The molecule has 1 aromatic carbocycles. The third kappa shape index (κ3) is 2.60. The topological polar surface area (TPSA) is 55.1 Å². The summed E-state index contributed by atoms with van der Waals surface area (Å²) in [5.74, 6) is -0.0125. The van der Waals surface area contributed by atoms with Gasteiger partial charge >= 0.3 is 0 Å². The number of benzene rings is 1. The summed E-state index contributed by atoms with van der Waals surface area (Å²) in [6.07, 6.45) is 3.09. The van der Waals surface area contributed by atoms with Gasteiger partial charge in [-0.1, -0.05) is 6.07 Å². The number of aryl methyl sites for hydroxylation is 1. The van der Waals surface area contributed by atoms with Crippen LogP contribution in [0.3, 0.4) is 0 Å². The SMILES string of the molecule is Nc1ccc2c(c1)CCCC2NC(=O)c1sccc1Br. The minimum Gasteiger partial charge on any atom is -0.399 e. The molecule has 3 rings (SSSR count). The normalized spacial score (nSPS) is 17.6. The summed E-state index contributed by atoms with van der Waals surface area (Å²) in [5, 5.41) is 5.05. The highest BCUT2D eigenvalue weighted by Crippen LogP contribution is 2.32. The number of fused-ring (bicyclic) bond motifs is 1. The summed E-state index contributed by atoms with van der Waals surface area (Å²) in [5.41, 5.74) is 9.08. The molecule has 2 aromatic rings. The molecule has 0 saturated heterocycles. The maximum atomic E-state index is 12.3. The van der Waals surface area contributed by atoms with Gasteiger partial charge in [0.1, 0.15) is 4.88 Å². The molecule has 0 bridgehead atoms. The summed E-state index contributed by atoms with van der Waals surface area (Å²) in [4.78, 5) is 13.0. The standard InChI is InChI=1S/C15H15BrN2OS/c16-12-6-7-20-14(12)15(19)18-13-3-1-2-9-8-10(17)4-5-11(9)13/h4-8,13H,1-3,17H2,(H,18,19). The van der Waals surface area contributed by atoms with Gasteiger partial charge in [-0.3, -0.25) is 4.79 Å². The van der Waals surface area contributed by atoms with E-state index in [1.165, 1.54) is 22.5 Å². The van der Waals surface area contributed by atoms with Gasteiger partial charge in [0, 0.05) is 10.2 Å². The fourth-order valence-electron chi connectivity index (χ4n) is 2.66. The number of anilines is 1. The Labute approximate surface area is 130 Å². The van der Waals surface area contributed by atoms with Crippen LogP contribution in [-0.2, 0) is 6.42 Å². The Balaban J connectivity index is 1.83. The molecule has 20 heavy (non-hydrogen) atoms. The monoisotopic (exact) mass is 350 g/mol. The van der Waals surface area contributed by atoms with E-state index in [0.717, 1.165) is 34.3 Å². The lowest BCUT2D eigenvalue weighted by atomic mass is 9.87. The number of amides is 1. The third-order valence-electron chi connectivity index (χ3n) is 3.61. The molecule has 0 radical (unpaired) electrons. The smallest absolute Gasteiger partial charge is 0.262 e. The van der Waals surface area contributed by atoms with Crippen molar-refractivity contribution in [2.45, 2.75) is 25.3 Å². The van der Waals surface area contributed by atoms with Crippen molar-refractivity contribution in [2.24, 2.45) is 0 Å². The van der Waals surface area contributed by atoms with Crippen LogP contribution >= 0.6 is 27.3 Å². The summed E-state index contributed by atoms with van der Waals surface area (Å²) in [7, 11) is 0. The van der Waals surface area contributed by atoms with Crippen LogP contribution in [0.25, 0.3) is 0 Å². The molecule has 1 heterocycles. The Morgan fingerprint density at radius 2 is 2.25 bits per heavy atom. The number of rotatable bonds is 2. The fraction of sp³-hybridized carbons (Fsp3) is 0.267. The van der Waals surface area contributed by atoms with Gasteiger partial charge in [-0.15, -0.1) is 11.3 Å². The van der Waals surface area contributed by atoms with E-state index in [0.29, 0.717) is 0 Å². The molecule has 1 atom stereocenters. The molecule has 3 N–H and O–H groups in total. The number of thiophene rings is 1. The van der Waals surface area contributed by atoms with Gasteiger partial charge in [0.25, 0.3) is 5.91 Å². The number of nitrogens with one attached hydrogen (secondary N) is 1. The minimum absolute atomic E-state index is 0.0125. The van der Waals surface area contributed by atoms with Gasteiger partial charge in [-0.2, -0.15) is 0 Å². The second-order valence-corrected chi connectivity index (χ2v) is 6.74. The maximum absolute atomic E-state index is 12.3. The van der Waals surface area contributed by atoms with Gasteiger partial charge < -0.3 is 11.1 Å². The Kier molecular flexibility index (Phi) is 3.81. The van der Waals surface area contributed by atoms with E-state index < -0.39 is 0 Å². The molecule has 1 aliphatic rings. The molecule has 0 aliphatic heterocycles. The highest BCUT2D eigenvalue weighted by atomic mass is 79.9.